The second-order valence-corrected chi connectivity index (χ2v) is 6.87. The van der Waals surface area contributed by atoms with E-state index >= 15 is 0 Å². The molecule has 3 amide bonds. The second-order valence-electron chi connectivity index (χ2n) is 4.06. The molecule has 0 saturated heterocycles. The molecule has 0 radical (unpaired) electrons. The van der Waals surface area contributed by atoms with Crippen molar-refractivity contribution in [3.8, 4) is 0 Å². The Morgan fingerprint density at radius 1 is 1.33 bits per heavy atom. The molecule has 21 heavy (non-hydrogen) atoms. The molecular weight excluding hydrogens is 368 g/mol. The number of hydrogen-bond acceptors (Lipinski definition) is 5. The van der Waals surface area contributed by atoms with E-state index in [2.05, 4.69) is 15.9 Å². The van der Waals surface area contributed by atoms with E-state index < -0.39 is 33.5 Å². The third-order valence-corrected chi connectivity index (χ3v) is 5.02. The summed E-state index contributed by atoms with van der Waals surface area (Å²) < 4.78 is 24.6. The van der Waals surface area contributed by atoms with E-state index in [0.717, 1.165) is 6.07 Å². The van der Waals surface area contributed by atoms with Gasteiger partial charge in [0.1, 0.15) is 5.75 Å². The zero-order valence-corrected chi connectivity index (χ0v) is 13.1. The maximum Gasteiger partial charge on any atom is 0.335 e. The first kappa shape index (κ1) is 17.1. The van der Waals surface area contributed by atoms with Crippen molar-refractivity contribution in [1.29, 1.82) is 0 Å². The summed E-state index contributed by atoms with van der Waals surface area (Å²) in [7, 11) is -4.13. The molecule has 4 N–H and O–H groups in total. The van der Waals surface area contributed by atoms with Gasteiger partial charge in [-0.2, -0.15) is 0 Å². The fourth-order valence-corrected chi connectivity index (χ4v) is 3.57. The number of imide groups is 1. The summed E-state index contributed by atoms with van der Waals surface area (Å²) in [6.07, 6.45) is 0. The van der Waals surface area contributed by atoms with Crippen LogP contribution in [-0.2, 0) is 14.6 Å². The molecule has 1 aromatic carbocycles. The number of aromatic carboxylic acids is 1. The van der Waals surface area contributed by atoms with Gasteiger partial charge in [0.2, 0.25) is 5.91 Å². The summed E-state index contributed by atoms with van der Waals surface area (Å²) in [5.74, 6) is -3.43. The average Bonchev–Trinajstić information content (AvgIpc) is 2.29. The van der Waals surface area contributed by atoms with Crippen molar-refractivity contribution in [3.05, 3.63) is 27.7 Å². The van der Waals surface area contributed by atoms with Crippen molar-refractivity contribution < 1.29 is 27.9 Å². The van der Waals surface area contributed by atoms with Gasteiger partial charge in [-0.1, -0.05) is 15.9 Å². The number of primary amides is 1. The minimum absolute atomic E-state index is 0.249. The standard InChI is InChI=1S/C11H11BrN2O6S/c1-5-7(12)2-6(10(16)17)3-8(5)21(19,20)4-9(15)14-11(13)18/h2-3H,4H2,1H3,(H,16,17)(H3,13,14,15,18). The molecular formula is C11H11BrN2O6S. The van der Waals surface area contributed by atoms with Gasteiger partial charge in [0.05, 0.1) is 10.5 Å². The normalized spacial score (nSPS) is 11.0. The number of amides is 3. The predicted octanol–water partition coefficient (Wildman–Crippen LogP) is 0.424. The highest BCUT2D eigenvalue weighted by Gasteiger charge is 2.24. The summed E-state index contributed by atoms with van der Waals surface area (Å²) in [4.78, 5) is 32.5. The van der Waals surface area contributed by atoms with Crippen molar-refractivity contribution in [3.63, 3.8) is 0 Å². The Labute approximate surface area is 128 Å². The minimum Gasteiger partial charge on any atom is -0.478 e. The highest BCUT2D eigenvalue weighted by Crippen LogP contribution is 2.26. The van der Waals surface area contributed by atoms with Gasteiger partial charge in [0, 0.05) is 4.47 Å². The Balaban J connectivity index is 3.28. The number of hydrogen-bond donors (Lipinski definition) is 3. The number of halogens is 1. The number of nitrogens with two attached hydrogens (primary N) is 1. The van der Waals surface area contributed by atoms with Crippen LogP contribution in [0.2, 0.25) is 0 Å². The first-order chi connectivity index (χ1) is 9.54. The molecule has 0 aliphatic rings. The van der Waals surface area contributed by atoms with Crippen LogP contribution < -0.4 is 11.1 Å². The molecule has 0 atom stereocenters. The van der Waals surface area contributed by atoms with Gasteiger partial charge in [0.25, 0.3) is 0 Å². The monoisotopic (exact) mass is 378 g/mol. The summed E-state index contributed by atoms with van der Waals surface area (Å²) in [6.45, 7) is 1.45. The number of carboxylic acid groups (broad SMARTS) is 1. The SMILES string of the molecule is Cc1c(Br)cc(C(=O)O)cc1S(=O)(=O)CC(=O)NC(N)=O. The lowest BCUT2D eigenvalue weighted by Gasteiger charge is -2.10. The van der Waals surface area contributed by atoms with E-state index in [1.807, 2.05) is 0 Å². The Kier molecular flexibility index (Phi) is 5.07. The highest BCUT2D eigenvalue weighted by atomic mass is 79.9. The summed E-state index contributed by atoms with van der Waals surface area (Å²) in [6, 6.07) is 1.03. The first-order valence-corrected chi connectivity index (χ1v) is 7.84. The molecule has 0 aliphatic heterocycles. The lowest BCUT2D eigenvalue weighted by molar-refractivity contribution is -0.117. The maximum absolute atomic E-state index is 12.1. The van der Waals surface area contributed by atoms with E-state index in [-0.39, 0.29) is 20.5 Å². The van der Waals surface area contributed by atoms with E-state index in [9.17, 15) is 22.8 Å². The molecule has 0 spiro atoms. The van der Waals surface area contributed by atoms with Crippen molar-refractivity contribution >= 4 is 43.7 Å². The van der Waals surface area contributed by atoms with Crippen molar-refractivity contribution in [1.82, 2.24) is 5.32 Å². The molecule has 0 heterocycles. The molecule has 0 fully saturated rings. The third-order valence-electron chi connectivity index (χ3n) is 2.46. The van der Waals surface area contributed by atoms with Crippen LogP contribution in [0.1, 0.15) is 15.9 Å². The zero-order valence-electron chi connectivity index (χ0n) is 10.7. The average molecular weight is 379 g/mol. The molecule has 1 aromatic rings. The lowest BCUT2D eigenvalue weighted by Crippen LogP contribution is -2.38. The third kappa shape index (κ3) is 4.26. The highest BCUT2D eigenvalue weighted by molar-refractivity contribution is 9.10. The quantitative estimate of drug-likeness (QED) is 0.692. The Morgan fingerprint density at radius 2 is 1.90 bits per heavy atom. The first-order valence-electron chi connectivity index (χ1n) is 5.40. The lowest BCUT2D eigenvalue weighted by atomic mass is 10.1. The molecule has 0 aliphatic carbocycles. The summed E-state index contributed by atoms with van der Waals surface area (Å²) in [5.41, 5.74) is 4.73. The van der Waals surface area contributed by atoms with Crippen LogP contribution in [0.5, 0.6) is 0 Å². The number of nitrogens with one attached hydrogen (secondary N) is 1. The summed E-state index contributed by atoms with van der Waals surface area (Å²) >= 11 is 3.06. The van der Waals surface area contributed by atoms with Crippen molar-refractivity contribution in [2.24, 2.45) is 5.73 Å². The molecule has 10 heteroatoms. The fourth-order valence-electron chi connectivity index (χ4n) is 1.52. The molecule has 0 bridgehead atoms. The Morgan fingerprint density at radius 3 is 2.38 bits per heavy atom. The van der Waals surface area contributed by atoms with Crippen LogP contribution in [0.15, 0.2) is 21.5 Å². The van der Waals surface area contributed by atoms with Gasteiger partial charge in [-0.3, -0.25) is 10.1 Å². The van der Waals surface area contributed by atoms with E-state index in [4.69, 9.17) is 10.8 Å². The number of sulfone groups is 1. The van der Waals surface area contributed by atoms with Gasteiger partial charge in [-0.25, -0.2) is 18.0 Å². The van der Waals surface area contributed by atoms with E-state index in [0.29, 0.717) is 0 Å². The van der Waals surface area contributed by atoms with Gasteiger partial charge in [-0.05, 0) is 24.6 Å². The number of urea groups is 1. The van der Waals surface area contributed by atoms with Gasteiger partial charge in [0.15, 0.2) is 9.84 Å². The summed E-state index contributed by atoms with van der Waals surface area (Å²) in [5, 5.41) is 10.6. The van der Waals surface area contributed by atoms with Crippen LogP contribution in [-0.4, -0.2) is 37.2 Å². The predicted molar refractivity (Wildman–Crippen MR) is 75.6 cm³/mol. The zero-order chi connectivity index (χ0) is 16.4. The smallest absolute Gasteiger partial charge is 0.335 e. The molecule has 114 valence electrons. The molecule has 0 unspecified atom stereocenters. The fraction of sp³-hybridized carbons (Fsp3) is 0.182. The number of carbonyl (C=O) groups is 3. The number of carboxylic acids is 1. The number of benzene rings is 1. The van der Waals surface area contributed by atoms with Crippen LogP contribution in [0, 0.1) is 6.92 Å². The second kappa shape index (κ2) is 6.22. The molecule has 0 saturated carbocycles. The van der Waals surface area contributed by atoms with E-state index in [1.165, 1.54) is 13.0 Å². The largest absolute Gasteiger partial charge is 0.478 e. The molecule has 0 aromatic heterocycles. The number of rotatable bonds is 4. The van der Waals surface area contributed by atoms with Gasteiger partial charge < -0.3 is 10.8 Å². The van der Waals surface area contributed by atoms with Crippen LogP contribution in [0.25, 0.3) is 0 Å². The molecule has 1 rings (SSSR count). The Hall–Kier alpha value is -1.94. The topological polar surface area (TPSA) is 144 Å². The Bertz CT molecular complexity index is 728. The van der Waals surface area contributed by atoms with Crippen molar-refractivity contribution in [2.45, 2.75) is 11.8 Å². The van der Waals surface area contributed by atoms with Gasteiger partial charge in [-0.15, -0.1) is 0 Å². The minimum atomic E-state index is -4.13. The van der Waals surface area contributed by atoms with Crippen LogP contribution in [0.3, 0.4) is 0 Å². The van der Waals surface area contributed by atoms with Crippen molar-refractivity contribution in [2.75, 3.05) is 5.75 Å². The maximum atomic E-state index is 12.1. The van der Waals surface area contributed by atoms with Gasteiger partial charge >= 0.3 is 12.0 Å². The van der Waals surface area contributed by atoms with Crippen LogP contribution >= 0.6 is 15.9 Å². The van der Waals surface area contributed by atoms with Crippen LogP contribution in [0.4, 0.5) is 4.79 Å². The van der Waals surface area contributed by atoms with E-state index in [1.54, 1.807) is 5.32 Å². The number of carbonyl (C=O) groups excluding carboxylic acids is 2. The molecule has 8 nitrogen and oxygen atoms in total.